The standard InChI is InChI=1S/C19H19BrN4OS/c20-18-6-5-17(26-18)14-13-24-16-4-2-1-3-15(16)23(19(24)21-14)8-7-22-9-11-25-12-10-22/h1-6,13H,7-12H2. The summed E-state index contributed by atoms with van der Waals surface area (Å²) < 4.78 is 11.2. The van der Waals surface area contributed by atoms with Gasteiger partial charge in [0.1, 0.15) is 5.69 Å². The Bertz CT molecular complexity index is 1060. The van der Waals surface area contributed by atoms with E-state index in [1.165, 1.54) is 15.9 Å². The molecule has 5 nitrogen and oxygen atoms in total. The Kier molecular flexibility index (Phi) is 4.32. The second-order valence-electron chi connectivity index (χ2n) is 6.49. The number of morpholine rings is 1. The van der Waals surface area contributed by atoms with E-state index >= 15 is 0 Å². The number of nitrogens with zero attached hydrogens (tertiary/aromatic N) is 4. The Balaban J connectivity index is 1.56. The van der Waals surface area contributed by atoms with Crippen molar-refractivity contribution in [2.75, 3.05) is 32.8 Å². The number of para-hydroxylation sites is 2. The maximum atomic E-state index is 5.46. The number of hydrogen-bond acceptors (Lipinski definition) is 4. The summed E-state index contributed by atoms with van der Waals surface area (Å²) in [6, 6.07) is 12.7. The molecule has 0 spiro atoms. The Hall–Kier alpha value is -1.67. The molecule has 0 saturated carbocycles. The van der Waals surface area contributed by atoms with Crippen LogP contribution < -0.4 is 0 Å². The zero-order chi connectivity index (χ0) is 17.5. The maximum Gasteiger partial charge on any atom is 0.215 e. The molecule has 0 amide bonds. The summed E-state index contributed by atoms with van der Waals surface area (Å²) in [5, 5.41) is 0. The largest absolute Gasteiger partial charge is 0.379 e. The first-order valence-corrected chi connectivity index (χ1v) is 10.4. The average Bonchev–Trinajstić information content (AvgIpc) is 3.35. The van der Waals surface area contributed by atoms with Crippen LogP contribution in [0.4, 0.5) is 0 Å². The molecular formula is C19H19BrN4OS. The first kappa shape index (κ1) is 16.5. The molecule has 0 aliphatic carbocycles. The Morgan fingerprint density at radius 1 is 1.04 bits per heavy atom. The van der Waals surface area contributed by atoms with Crippen LogP contribution in [0.25, 0.3) is 27.4 Å². The predicted molar refractivity (Wildman–Crippen MR) is 109 cm³/mol. The van der Waals surface area contributed by atoms with Gasteiger partial charge in [-0.2, -0.15) is 0 Å². The van der Waals surface area contributed by atoms with Crippen molar-refractivity contribution >= 4 is 44.1 Å². The monoisotopic (exact) mass is 430 g/mol. The number of ether oxygens (including phenoxy) is 1. The van der Waals surface area contributed by atoms with E-state index in [-0.39, 0.29) is 0 Å². The number of imidazole rings is 2. The van der Waals surface area contributed by atoms with Crippen molar-refractivity contribution in [1.82, 2.24) is 18.9 Å². The highest BCUT2D eigenvalue weighted by Crippen LogP contribution is 2.32. The van der Waals surface area contributed by atoms with Gasteiger partial charge in [0.2, 0.25) is 5.78 Å². The van der Waals surface area contributed by atoms with Gasteiger partial charge in [0, 0.05) is 32.4 Å². The number of hydrogen-bond donors (Lipinski definition) is 0. The fourth-order valence-electron chi connectivity index (χ4n) is 3.60. The topological polar surface area (TPSA) is 34.7 Å². The van der Waals surface area contributed by atoms with E-state index in [0.29, 0.717) is 0 Å². The van der Waals surface area contributed by atoms with Gasteiger partial charge >= 0.3 is 0 Å². The van der Waals surface area contributed by atoms with E-state index in [0.717, 1.165) is 54.7 Å². The van der Waals surface area contributed by atoms with Crippen molar-refractivity contribution in [3.63, 3.8) is 0 Å². The molecule has 0 N–H and O–H groups in total. The molecule has 1 fully saturated rings. The summed E-state index contributed by atoms with van der Waals surface area (Å²) in [6.07, 6.45) is 2.15. The quantitative estimate of drug-likeness (QED) is 0.488. The van der Waals surface area contributed by atoms with Gasteiger partial charge < -0.3 is 9.30 Å². The van der Waals surface area contributed by atoms with Gasteiger partial charge in [0.15, 0.2) is 0 Å². The fourth-order valence-corrected chi connectivity index (χ4v) is 4.94. The molecule has 0 radical (unpaired) electrons. The van der Waals surface area contributed by atoms with Crippen LogP contribution >= 0.6 is 27.3 Å². The second kappa shape index (κ2) is 6.81. The Morgan fingerprint density at radius 2 is 1.85 bits per heavy atom. The van der Waals surface area contributed by atoms with Crippen LogP contribution in [-0.4, -0.2) is 51.7 Å². The molecule has 26 heavy (non-hydrogen) atoms. The van der Waals surface area contributed by atoms with Gasteiger partial charge in [0.05, 0.1) is 32.9 Å². The van der Waals surface area contributed by atoms with Crippen molar-refractivity contribution in [2.24, 2.45) is 0 Å². The van der Waals surface area contributed by atoms with E-state index in [2.05, 4.69) is 72.4 Å². The zero-order valence-corrected chi connectivity index (χ0v) is 16.7. The highest BCUT2D eigenvalue weighted by atomic mass is 79.9. The molecule has 1 saturated heterocycles. The molecule has 5 rings (SSSR count). The molecule has 7 heteroatoms. The predicted octanol–water partition coefficient (Wildman–Crippen LogP) is 4.11. The highest BCUT2D eigenvalue weighted by molar-refractivity contribution is 9.11. The summed E-state index contributed by atoms with van der Waals surface area (Å²) in [7, 11) is 0. The minimum absolute atomic E-state index is 0.836. The number of halogens is 1. The minimum Gasteiger partial charge on any atom is -0.379 e. The van der Waals surface area contributed by atoms with Gasteiger partial charge in [-0.15, -0.1) is 11.3 Å². The van der Waals surface area contributed by atoms with E-state index in [1.807, 2.05) is 0 Å². The van der Waals surface area contributed by atoms with Gasteiger partial charge in [-0.25, -0.2) is 4.98 Å². The van der Waals surface area contributed by atoms with Crippen LogP contribution in [0.5, 0.6) is 0 Å². The summed E-state index contributed by atoms with van der Waals surface area (Å²) in [5.74, 6) is 1.01. The highest BCUT2D eigenvalue weighted by Gasteiger charge is 2.17. The normalized spacial score (nSPS) is 16.0. The SMILES string of the molecule is Brc1ccc(-c2cn3c4ccccc4n(CCN4CCOCC4)c3n2)s1. The first-order valence-electron chi connectivity index (χ1n) is 8.82. The number of fused-ring (bicyclic) bond motifs is 3. The van der Waals surface area contributed by atoms with Crippen LogP contribution in [0.15, 0.2) is 46.4 Å². The first-order chi connectivity index (χ1) is 12.8. The molecular weight excluding hydrogens is 412 g/mol. The zero-order valence-electron chi connectivity index (χ0n) is 14.3. The van der Waals surface area contributed by atoms with Crippen molar-refractivity contribution in [3.8, 4) is 10.6 Å². The third-order valence-electron chi connectivity index (χ3n) is 4.93. The molecule has 1 aliphatic heterocycles. The van der Waals surface area contributed by atoms with E-state index in [4.69, 9.17) is 9.72 Å². The average molecular weight is 431 g/mol. The third-order valence-corrected chi connectivity index (χ3v) is 6.58. The lowest BCUT2D eigenvalue weighted by molar-refractivity contribution is 0.0366. The molecule has 0 bridgehead atoms. The summed E-state index contributed by atoms with van der Waals surface area (Å²) in [4.78, 5) is 8.62. The number of benzene rings is 1. The van der Waals surface area contributed by atoms with Crippen LogP contribution in [0.1, 0.15) is 0 Å². The van der Waals surface area contributed by atoms with Crippen LogP contribution in [0, 0.1) is 0 Å². The third kappa shape index (κ3) is 2.89. The molecule has 4 heterocycles. The molecule has 1 aromatic carbocycles. The number of aromatic nitrogens is 3. The van der Waals surface area contributed by atoms with Crippen LogP contribution in [0.3, 0.4) is 0 Å². The van der Waals surface area contributed by atoms with Crippen molar-refractivity contribution in [1.29, 1.82) is 0 Å². The van der Waals surface area contributed by atoms with E-state index < -0.39 is 0 Å². The lowest BCUT2D eigenvalue weighted by atomic mass is 10.3. The Morgan fingerprint density at radius 3 is 2.62 bits per heavy atom. The minimum atomic E-state index is 0.836. The van der Waals surface area contributed by atoms with Crippen LogP contribution in [-0.2, 0) is 11.3 Å². The van der Waals surface area contributed by atoms with Crippen molar-refractivity contribution in [3.05, 3.63) is 46.4 Å². The molecule has 0 atom stereocenters. The lowest BCUT2D eigenvalue weighted by Crippen LogP contribution is -2.38. The maximum absolute atomic E-state index is 5.46. The van der Waals surface area contributed by atoms with E-state index in [1.54, 1.807) is 11.3 Å². The summed E-state index contributed by atoms with van der Waals surface area (Å²) >= 11 is 5.27. The lowest BCUT2D eigenvalue weighted by Gasteiger charge is -2.26. The van der Waals surface area contributed by atoms with Gasteiger partial charge in [-0.3, -0.25) is 9.30 Å². The molecule has 134 valence electrons. The summed E-state index contributed by atoms with van der Waals surface area (Å²) in [6.45, 7) is 5.65. The smallest absolute Gasteiger partial charge is 0.215 e. The van der Waals surface area contributed by atoms with Crippen molar-refractivity contribution < 1.29 is 4.74 Å². The number of rotatable bonds is 4. The molecule has 1 aliphatic rings. The van der Waals surface area contributed by atoms with Gasteiger partial charge in [-0.05, 0) is 40.2 Å². The summed E-state index contributed by atoms with van der Waals surface area (Å²) in [5.41, 5.74) is 3.47. The van der Waals surface area contributed by atoms with Gasteiger partial charge in [-0.1, -0.05) is 12.1 Å². The van der Waals surface area contributed by atoms with Crippen LogP contribution in [0.2, 0.25) is 0 Å². The molecule has 3 aromatic heterocycles. The Labute approximate surface area is 163 Å². The molecule has 4 aromatic rings. The van der Waals surface area contributed by atoms with E-state index in [9.17, 15) is 0 Å². The second-order valence-corrected chi connectivity index (χ2v) is 8.96. The van der Waals surface area contributed by atoms with Gasteiger partial charge in [0.25, 0.3) is 0 Å². The molecule has 0 unspecified atom stereocenters. The number of thiophene rings is 1. The van der Waals surface area contributed by atoms with Crippen molar-refractivity contribution in [2.45, 2.75) is 6.54 Å². The fraction of sp³-hybridized carbons (Fsp3) is 0.316.